The van der Waals surface area contributed by atoms with Gasteiger partial charge in [0.25, 0.3) is 5.89 Å². The molecule has 1 N–H and O–H groups in total. The molecule has 0 aliphatic carbocycles. The molecule has 116 valence electrons. The van der Waals surface area contributed by atoms with Crippen molar-refractivity contribution in [1.29, 1.82) is 0 Å². The Morgan fingerprint density at radius 1 is 1.35 bits per heavy atom. The fourth-order valence-corrected chi connectivity index (χ4v) is 2.77. The van der Waals surface area contributed by atoms with Gasteiger partial charge < -0.3 is 14.3 Å². The zero-order valence-electron chi connectivity index (χ0n) is 12.4. The van der Waals surface area contributed by atoms with E-state index in [-0.39, 0.29) is 23.7 Å². The molecule has 1 amide bonds. The molecule has 3 aromatic rings. The molecule has 1 aliphatic heterocycles. The van der Waals surface area contributed by atoms with Crippen molar-refractivity contribution in [3.63, 3.8) is 0 Å². The molecule has 4 heterocycles. The monoisotopic (exact) mass is 310 g/mol. The normalized spacial score (nSPS) is 17.1. The smallest absolute Gasteiger partial charge is 0.311 e. The molecule has 23 heavy (non-hydrogen) atoms. The summed E-state index contributed by atoms with van der Waals surface area (Å²) in [6.07, 6.45) is 4.01. The highest BCUT2D eigenvalue weighted by molar-refractivity contribution is 5.90. The van der Waals surface area contributed by atoms with Gasteiger partial charge in [0.15, 0.2) is 0 Å². The minimum absolute atomic E-state index is 0.0310. The van der Waals surface area contributed by atoms with E-state index < -0.39 is 0 Å². The molecule has 1 atom stereocenters. The number of amides is 1. The quantitative estimate of drug-likeness (QED) is 0.771. The SMILES string of the molecule is C[C@@H]1c2nc[nH]c2CCN1C(=O)c1nnc(-c2ccccn2)o1. The van der Waals surface area contributed by atoms with Crippen LogP contribution in [0, 0.1) is 0 Å². The molecule has 8 nitrogen and oxygen atoms in total. The molecule has 3 aromatic heterocycles. The first-order valence-electron chi connectivity index (χ1n) is 7.32. The molecule has 0 unspecified atom stereocenters. The fraction of sp³-hybridized carbons (Fsp3) is 0.267. The minimum atomic E-state index is -0.291. The number of aromatic nitrogens is 5. The van der Waals surface area contributed by atoms with E-state index in [0.29, 0.717) is 12.2 Å². The molecule has 8 heteroatoms. The Balaban J connectivity index is 1.60. The summed E-state index contributed by atoms with van der Waals surface area (Å²) in [4.78, 5) is 25.9. The number of rotatable bonds is 2. The largest absolute Gasteiger partial charge is 0.411 e. The zero-order chi connectivity index (χ0) is 15.8. The third-order valence-electron chi connectivity index (χ3n) is 3.97. The highest BCUT2D eigenvalue weighted by atomic mass is 16.4. The van der Waals surface area contributed by atoms with E-state index in [0.717, 1.165) is 17.8 Å². The average molecular weight is 310 g/mol. The van der Waals surface area contributed by atoms with Gasteiger partial charge in [-0.2, -0.15) is 0 Å². The van der Waals surface area contributed by atoms with E-state index in [1.807, 2.05) is 13.0 Å². The number of fused-ring (bicyclic) bond motifs is 1. The lowest BCUT2D eigenvalue weighted by molar-refractivity contribution is 0.0632. The van der Waals surface area contributed by atoms with E-state index in [1.165, 1.54) is 0 Å². The number of aromatic amines is 1. The maximum atomic E-state index is 12.7. The number of pyridine rings is 1. The van der Waals surface area contributed by atoms with Crippen LogP contribution < -0.4 is 0 Å². The van der Waals surface area contributed by atoms with Crippen LogP contribution in [0.5, 0.6) is 0 Å². The van der Waals surface area contributed by atoms with Gasteiger partial charge in [0.1, 0.15) is 5.69 Å². The summed E-state index contributed by atoms with van der Waals surface area (Å²) in [5, 5.41) is 7.78. The molecule has 0 saturated carbocycles. The van der Waals surface area contributed by atoms with Crippen molar-refractivity contribution in [1.82, 2.24) is 30.0 Å². The molecule has 0 saturated heterocycles. The maximum Gasteiger partial charge on any atom is 0.311 e. The van der Waals surface area contributed by atoms with Crippen LogP contribution in [0.3, 0.4) is 0 Å². The summed E-state index contributed by atoms with van der Waals surface area (Å²) in [6.45, 7) is 2.52. The second-order valence-corrected chi connectivity index (χ2v) is 5.32. The first kappa shape index (κ1) is 13.6. The zero-order valence-corrected chi connectivity index (χ0v) is 12.4. The second kappa shape index (κ2) is 5.31. The summed E-state index contributed by atoms with van der Waals surface area (Å²) < 4.78 is 5.50. The Morgan fingerprint density at radius 2 is 2.26 bits per heavy atom. The van der Waals surface area contributed by atoms with Gasteiger partial charge in [0.05, 0.1) is 18.1 Å². The Labute approximate surface area is 131 Å². The number of imidazole rings is 1. The molecular weight excluding hydrogens is 296 g/mol. The third kappa shape index (κ3) is 2.28. The van der Waals surface area contributed by atoms with Gasteiger partial charge in [-0.15, -0.1) is 10.2 Å². The minimum Gasteiger partial charge on any atom is -0.411 e. The number of carbonyl (C=O) groups is 1. The number of hydrogen-bond acceptors (Lipinski definition) is 6. The van der Waals surface area contributed by atoms with E-state index >= 15 is 0 Å². The predicted octanol–water partition coefficient (Wildman–Crippen LogP) is 1.61. The Kier molecular flexibility index (Phi) is 3.14. The van der Waals surface area contributed by atoms with E-state index in [4.69, 9.17) is 4.42 Å². The first-order valence-corrected chi connectivity index (χ1v) is 7.32. The summed E-state index contributed by atoms with van der Waals surface area (Å²) in [5.74, 6) is -0.0867. The Hall–Kier alpha value is -3.03. The Morgan fingerprint density at radius 3 is 3.09 bits per heavy atom. The van der Waals surface area contributed by atoms with Crippen molar-refractivity contribution in [2.45, 2.75) is 19.4 Å². The molecule has 0 spiro atoms. The van der Waals surface area contributed by atoms with E-state index in [2.05, 4.69) is 25.1 Å². The highest BCUT2D eigenvalue weighted by Crippen LogP contribution is 2.28. The first-order chi connectivity index (χ1) is 11.2. The fourth-order valence-electron chi connectivity index (χ4n) is 2.77. The van der Waals surface area contributed by atoms with E-state index in [9.17, 15) is 4.79 Å². The van der Waals surface area contributed by atoms with Gasteiger partial charge in [-0.1, -0.05) is 6.07 Å². The van der Waals surface area contributed by atoms with Crippen LogP contribution >= 0.6 is 0 Å². The number of nitrogens with zero attached hydrogens (tertiary/aromatic N) is 5. The van der Waals surface area contributed by atoms with Crippen LogP contribution in [0.4, 0.5) is 0 Å². The topological polar surface area (TPSA) is 101 Å². The maximum absolute atomic E-state index is 12.7. The van der Waals surface area contributed by atoms with Crippen molar-refractivity contribution >= 4 is 5.91 Å². The van der Waals surface area contributed by atoms with Gasteiger partial charge >= 0.3 is 11.8 Å². The number of H-pyrrole nitrogens is 1. The number of nitrogens with one attached hydrogen (secondary N) is 1. The molecule has 0 radical (unpaired) electrons. The van der Waals surface area contributed by atoms with E-state index in [1.54, 1.807) is 29.6 Å². The molecule has 0 bridgehead atoms. The molecular formula is C15H14N6O2. The van der Waals surface area contributed by atoms with Gasteiger partial charge in [0, 0.05) is 24.9 Å². The third-order valence-corrected chi connectivity index (χ3v) is 3.97. The van der Waals surface area contributed by atoms with Crippen molar-refractivity contribution in [2.24, 2.45) is 0 Å². The number of hydrogen-bond donors (Lipinski definition) is 1. The van der Waals surface area contributed by atoms with Gasteiger partial charge in [0.2, 0.25) is 0 Å². The molecule has 0 aromatic carbocycles. The summed E-state index contributed by atoms with van der Waals surface area (Å²) in [5.41, 5.74) is 2.50. The number of carbonyl (C=O) groups excluding carboxylic acids is 1. The predicted molar refractivity (Wildman–Crippen MR) is 79.3 cm³/mol. The van der Waals surface area contributed by atoms with Crippen molar-refractivity contribution in [3.8, 4) is 11.6 Å². The van der Waals surface area contributed by atoms with Crippen molar-refractivity contribution in [2.75, 3.05) is 6.54 Å². The van der Waals surface area contributed by atoms with Gasteiger partial charge in [-0.3, -0.25) is 9.78 Å². The molecule has 4 rings (SSSR count). The lowest BCUT2D eigenvalue weighted by Gasteiger charge is -2.31. The lowest BCUT2D eigenvalue weighted by atomic mass is 10.0. The van der Waals surface area contributed by atoms with Gasteiger partial charge in [-0.05, 0) is 19.1 Å². The highest BCUT2D eigenvalue weighted by Gasteiger charge is 2.32. The molecule has 1 aliphatic rings. The van der Waals surface area contributed by atoms with Gasteiger partial charge in [-0.25, -0.2) is 4.98 Å². The van der Waals surface area contributed by atoms with Crippen molar-refractivity contribution < 1.29 is 9.21 Å². The van der Waals surface area contributed by atoms with Crippen LogP contribution in [0.25, 0.3) is 11.6 Å². The lowest BCUT2D eigenvalue weighted by Crippen LogP contribution is -2.39. The summed E-state index contributed by atoms with van der Waals surface area (Å²) in [6, 6.07) is 5.23. The van der Waals surface area contributed by atoms with Crippen LogP contribution in [-0.2, 0) is 6.42 Å². The van der Waals surface area contributed by atoms with Crippen LogP contribution in [0.1, 0.15) is 35.0 Å². The van der Waals surface area contributed by atoms with Crippen LogP contribution in [0.2, 0.25) is 0 Å². The standard InChI is InChI=1S/C15H14N6O2/c1-9-12-10(17-8-18-12)5-7-21(9)15(22)14-20-19-13(23-14)11-4-2-3-6-16-11/h2-4,6,8-9H,5,7H2,1H3,(H,17,18)/t9-/m1/s1. The molecule has 0 fully saturated rings. The van der Waals surface area contributed by atoms with Crippen molar-refractivity contribution in [3.05, 3.63) is 48.0 Å². The van der Waals surface area contributed by atoms with Crippen LogP contribution in [-0.4, -0.2) is 42.5 Å². The summed E-state index contributed by atoms with van der Waals surface area (Å²) >= 11 is 0. The Bertz CT molecular complexity index is 841. The second-order valence-electron chi connectivity index (χ2n) is 5.32. The average Bonchev–Trinajstić information content (AvgIpc) is 3.25. The summed E-state index contributed by atoms with van der Waals surface area (Å²) in [7, 11) is 0. The van der Waals surface area contributed by atoms with Crippen LogP contribution in [0.15, 0.2) is 35.1 Å².